The molecular formula is C25H27ClN4O2. The van der Waals surface area contributed by atoms with Crippen LogP contribution in [-0.2, 0) is 17.9 Å². The van der Waals surface area contributed by atoms with E-state index in [1.54, 1.807) is 24.7 Å². The second kappa shape index (κ2) is 10.5. The summed E-state index contributed by atoms with van der Waals surface area (Å²) in [5.41, 5.74) is 3.22. The van der Waals surface area contributed by atoms with Gasteiger partial charge in [-0.2, -0.15) is 0 Å². The highest BCUT2D eigenvalue weighted by Crippen LogP contribution is 2.25. The topological polar surface area (TPSA) is 76.0 Å². The van der Waals surface area contributed by atoms with Crippen molar-refractivity contribution in [1.82, 2.24) is 14.9 Å². The normalized spacial score (nSPS) is 14.2. The molecule has 0 aliphatic heterocycles. The number of hydrogen-bond donors (Lipinski definition) is 2. The van der Waals surface area contributed by atoms with E-state index in [1.165, 1.54) is 6.42 Å². The summed E-state index contributed by atoms with van der Waals surface area (Å²) in [6.07, 6.45) is 8.87. The van der Waals surface area contributed by atoms with E-state index in [-0.39, 0.29) is 17.7 Å². The second-order valence-corrected chi connectivity index (χ2v) is 8.70. The summed E-state index contributed by atoms with van der Waals surface area (Å²) >= 11 is 5.88. The van der Waals surface area contributed by atoms with Crippen LogP contribution in [0.1, 0.15) is 53.7 Å². The van der Waals surface area contributed by atoms with Gasteiger partial charge in [-0.15, -0.1) is 0 Å². The first-order valence-electron chi connectivity index (χ1n) is 11.0. The summed E-state index contributed by atoms with van der Waals surface area (Å²) in [6.45, 7) is 1.01. The third kappa shape index (κ3) is 5.98. The van der Waals surface area contributed by atoms with Crippen LogP contribution in [0.3, 0.4) is 0 Å². The largest absolute Gasteiger partial charge is 0.347 e. The molecule has 0 unspecified atom stereocenters. The molecule has 4 rings (SSSR count). The van der Waals surface area contributed by atoms with E-state index in [4.69, 9.17) is 11.6 Å². The fraction of sp³-hybridized carbons (Fsp3) is 0.320. The average molecular weight is 451 g/mol. The van der Waals surface area contributed by atoms with Gasteiger partial charge in [-0.25, -0.2) is 4.98 Å². The molecule has 7 heteroatoms. The zero-order valence-electron chi connectivity index (χ0n) is 17.9. The fourth-order valence-electron chi connectivity index (χ4n) is 3.95. The number of imidazole rings is 1. The number of nitrogens with one attached hydrogen (secondary N) is 2. The van der Waals surface area contributed by atoms with Crippen molar-refractivity contribution in [3.63, 3.8) is 0 Å². The first-order valence-corrected chi connectivity index (χ1v) is 11.4. The molecule has 1 aliphatic carbocycles. The monoisotopic (exact) mass is 450 g/mol. The minimum atomic E-state index is -0.223. The van der Waals surface area contributed by atoms with Crippen molar-refractivity contribution in [1.29, 1.82) is 0 Å². The van der Waals surface area contributed by atoms with Gasteiger partial charge < -0.3 is 15.2 Å². The molecule has 0 atom stereocenters. The lowest BCUT2D eigenvalue weighted by Crippen LogP contribution is -2.24. The number of amides is 2. The molecule has 166 valence electrons. The number of nitrogens with zero attached hydrogens (tertiary/aromatic N) is 2. The number of halogens is 1. The van der Waals surface area contributed by atoms with Crippen molar-refractivity contribution in [2.75, 3.05) is 5.32 Å². The minimum Gasteiger partial charge on any atom is -0.347 e. The van der Waals surface area contributed by atoms with Gasteiger partial charge in [0, 0.05) is 35.9 Å². The highest BCUT2D eigenvalue weighted by Gasteiger charge is 2.21. The lowest BCUT2D eigenvalue weighted by molar-refractivity contribution is -0.120. The van der Waals surface area contributed by atoms with Crippen molar-refractivity contribution in [2.24, 2.45) is 5.92 Å². The van der Waals surface area contributed by atoms with Crippen LogP contribution in [-0.4, -0.2) is 21.4 Å². The maximum Gasteiger partial charge on any atom is 0.271 e. The third-order valence-electron chi connectivity index (χ3n) is 5.79. The Hall–Kier alpha value is -3.12. The van der Waals surface area contributed by atoms with Crippen LogP contribution < -0.4 is 10.6 Å². The van der Waals surface area contributed by atoms with E-state index in [0.29, 0.717) is 23.8 Å². The highest BCUT2D eigenvalue weighted by molar-refractivity contribution is 6.30. The molecule has 1 saturated carbocycles. The summed E-state index contributed by atoms with van der Waals surface area (Å²) in [4.78, 5) is 29.0. The zero-order chi connectivity index (χ0) is 22.3. The van der Waals surface area contributed by atoms with Crippen molar-refractivity contribution < 1.29 is 9.59 Å². The second-order valence-electron chi connectivity index (χ2n) is 8.26. The number of hydrogen-bond acceptors (Lipinski definition) is 3. The Morgan fingerprint density at radius 2 is 1.66 bits per heavy atom. The van der Waals surface area contributed by atoms with Crippen molar-refractivity contribution in [3.8, 4) is 0 Å². The molecule has 0 saturated heterocycles. The van der Waals surface area contributed by atoms with E-state index in [1.807, 2.05) is 41.0 Å². The Bertz CT molecular complexity index is 1050. The molecular weight excluding hydrogens is 424 g/mol. The quantitative estimate of drug-likeness (QED) is 0.529. The number of carbonyl (C=O) groups excluding carboxylic acids is 2. The van der Waals surface area contributed by atoms with E-state index in [0.717, 1.165) is 42.5 Å². The van der Waals surface area contributed by atoms with Crippen LogP contribution >= 0.6 is 11.6 Å². The van der Waals surface area contributed by atoms with Crippen molar-refractivity contribution >= 4 is 29.1 Å². The van der Waals surface area contributed by atoms with Crippen LogP contribution in [0.2, 0.25) is 5.02 Å². The van der Waals surface area contributed by atoms with Gasteiger partial charge in [0.1, 0.15) is 5.69 Å². The van der Waals surface area contributed by atoms with Gasteiger partial charge in [-0.1, -0.05) is 55.1 Å². The Morgan fingerprint density at radius 1 is 0.969 bits per heavy atom. The molecule has 1 fully saturated rings. The van der Waals surface area contributed by atoms with Gasteiger partial charge >= 0.3 is 0 Å². The van der Waals surface area contributed by atoms with Crippen LogP contribution in [0, 0.1) is 5.92 Å². The summed E-state index contributed by atoms with van der Waals surface area (Å²) in [7, 11) is 0. The average Bonchev–Trinajstić information content (AvgIpc) is 3.29. The van der Waals surface area contributed by atoms with Gasteiger partial charge in [0.25, 0.3) is 5.91 Å². The van der Waals surface area contributed by atoms with Crippen LogP contribution in [0.25, 0.3) is 0 Å². The SMILES string of the molecule is O=C(NCc1ccc(Cl)cc1)c1cn(Cc2ccc(NC(=O)C3CCCCC3)cc2)cn1. The third-order valence-corrected chi connectivity index (χ3v) is 6.05. The molecule has 1 aliphatic rings. The molecule has 0 bridgehead atoms. The molecule has 2 aromatic carbocycles. The minimum absolute atomic E-state index is 0.126. The molecule has 3 aromatic rings. The van der Waals surface area contributed by atoms with E-state index >= 15 is 0 Å². The predicted octanol–water partition coefficient (Wildman–Crippen LogP) is 5.03. The lowest BCUT2D eigenvalue weighted by Gasteiger charge is -2.20. The maximum absolute atomic E-state index is 12.4. The first kappa shape index (κ1) is 22.1. The number of anilines is 1. The Balaban J connectivity index is 1.28. The Labute approximate surface area is 193 Å². The van der Waals surface area contributed by atoms with E-state index < -0.39 is 0 Å². The van der Waals surface area contributed by atoms with Gasteiger partial charge in [-0.3, -0.25) is 9.59 Å². The molecule has 0 radical (unpaired) electrons. The Kier molecular flexibility index (Phi) is 7.22. The number of aromatic nitrogens is 2. The number of rotatable bonds is 7. The van der Waals surface area contributed by atoms with Gasteiger partial charge in [0.15, 0.2) is 0 Å². The summed E-state index contributed by atoms with van der Waals surface area (Å²) < 4.78 is 1.87. The molecule has 2 N–H and O–H groups in total. The summed E-state index contributed by atoms with van der Waals surface area (Å²) in [5.74, 6) is 0.0411. The zero-order valence-corrected chi connectivity index (χ0v) is 18.6. The molecule has 1 heterocycles. The Morgan fingerprint density at radius 3 is 2.38 bits per heavy atom. The van der Waals surface area contributed by atoms with Gasteiger partial charge in [0.2, 0.25) is 5.91 Å². The predicted molar refractivity (Wildman–Crippen MR) is 126 cm³/mol. The van der Waals surface area contributed by atoms with Gasteiger partial charge in [-0.05, 0) is 48.2 Å². The number of carbonyl (C=O) groups is 2. The standard InChI is InChI=1S/C25H27ClN4O2/c26-21-10-6-18(7-11-21)14-27-25(32)23-16-30(17-28-23)15-19-8-12-22(13-9-19)29-24(31)20-4-2-1-3-5-20/h6-13,16-17,20H,1-5,14-15H2,(H,27,32)(H,29,31). The van der Waals surface area contributed by atoms with Crippen LogP contribution in [0.5, 0.6) is 0 Å². The summed E-state index contributed by atoms with van der Waals surface area (Å²) in [6, 6.07) is 15.2. The van der Waals surface area contributed by atoms with Gasteiger partial charge in [0.05, 0.1) is 6.33 Å². The van der Waals surface area contributed by atoms with E-state index in [9.17, 15) is 9.59 Å². The first-order chi connectivity index (χ1) is 15.6. The van der Waals surface area contributed by atoms with Crippen LogP contribution in [0.4, 0.5) is 5.69 Å². The molecule has 2 amide bonds. The van der Waals surface area contributed by atoms with E-state index in [2.05, 4.69) is 15.6 Å². The molecule has 6 nitrogen and oxygen atoms in total. The van der Waals surface area contributed by atoms with Crippen molar-refractivity contribution in [2.45, 2.75) is 45.2 Å². The fourth-order valence-corrected chi connectivity index (χ4v) is 4.08. The highest BCUT2D eigenvalue weighted by atomic mass is 35.5. The smallest absolute Gasteiger partial charge is 0.271 e. The number of benzene rings is 2. The molecule has 32 heavy (non-hydrogen) atoms. The van der Waals surface area contributed by atoms with Crippen LogP contribution in [0.15, 0.2) is 61.1 Å². The lowest BCUT2D eigenvalue weighted by atomic mass is 9.88. The van der Waals surface area contributed by atoms with Crippen molar-refractivity contribution in [3.05, 3.63) is 82.9 Å². The molecule has 1 aromatic heterocycles. The maximum atomic E-state index is 12.4. The summed E-state index contributed by atoms with van der Waals surface area (Å²) in [5, 5.41) is 6.57. The molecule has 0 spiro atoms.